The smallest absolute Gasteiger partial charge is 0.310 e. The number of methoxy groups -OCH3 is 2. The summed E-state index contributed by atoms with van der Waals surface area (Å²) in [6.07, 6.45) is -3.37. The topological polar surface area (TPSA) is 153 Å². The van der Waals surface area contributed by atoms with Crippen LogP contribution in [0.2, 0.25) is 0 Å². The Bertz CT molecular complexity index is 1120. The average Bonchev–Trinajstić information content (AvgIpc) is 3.51. The van der Waals surface area contributed by atoms with Gasteiger partial charge < -0.3 is 48.8 Å². The SMILES string of the molecule is COc1cc([C@@H]2c3cc4c(cc3[C@@H](OCC(O)C(O)CO)[C@H]3COC(=O)[C@H]23)OCO4)cc(OC)c1O. The zero-order valence-corrected chi connectivity index (χ0v) is 19.7. The number of aromatic hydroxyl groups is 1. The predicted molar refractivity (Wildman–Crippen MR) is 121 cm³/mol. The highest BCUT2D eigenvalue weighted by molar-refractivity contribution is 5.79. The van der Waals surface area contributed by atoms with E-state index in [1.54, 1.807) is 24.3 Å². The highest BCUT2D eigenvalue weighted by Crippen LogP contribution is 2.56. The molecule has 2 aromatic carbocycles. The molecule has 2 unspecified atom stereocenters. The number of carbonyl (C=O) groups is 1. The predicted octanol–water partition coefficient (Wildman–Crippen LogP) is 0.845. The molecule has 5 rings (SSSR count). The highest BCUT2D eigenvalue weighted by Gasteiger charge is 2.53. The normalized spacial score (nSPS) is 25.5. The van der Waals surface area contributed by atoms with Crippen LogP contribution in [0.4, 0.5) is 0 Å². The van der Waals surface area contributed by atoms with Gasteiger partial charge in [0.05, 0.1) is 46.1 Å². The summed E-state index contributed by atoms with van der Waals surface area (Å²) < 4.78 is 33.4. The van der Waals surface area contributed by atoms with E-state index in [0.717, 1.165) is 5.56 Å². The molecule has 1 saturated heterocycles. The third-order valence-electron chi connectivity index (χ3n) is 7.06. The molecular formula is C25H28O11. The van der Waals surface area contributed by atoms with E-state index >= 15 is 0 Å². The quantitative estimate of drug-likeness (QED) is 0.378. The van der Waals surface area contributed by atoms with Crippen molar-refractivity contribution in [3.05, 3.63) is 41.0 Å². The van der Waals surface area contributed by atoms with Crippen LogP contribution in [0.1, 0.15) is 28.7 Å². The monoisotopic (exact) mass is 504 g/mol. The Hall–Kier alpha value is -3.25. The van der Waals surface area contributed by atoms with E-state index in [-0.39, 0.29) is 37.3 Å². The maximum atomic E-state index is 13.1. The number of rotatable bonds is 8. The van der Waals surface area contributed by atoms with Crippen LogP contribution < -0.4 is 18.9 Å². The van der Waals surface area contributed by atoms with Crippen molar-refractivity contribution in [2.75, 3.05) is 40.8 Å². The van der Waals surface area contributed by atoms with Gasteiger partial charge in [-0.25, -0.2) is 0 Å². The van der Waals surface area contributed by atoms with Gasteiger partial charge in [-0.05, 0) is 41.0 Å². The Balaban J connectivity index is 1.64. The molecule has 1 aliphatic carbocycles. The second-order valence-electron chi connectivity index (χ2n) is 8.98. The average molecular weight is 504 g/mol. The fraction of sp³-hybridized carbons (Fsp3) is 0.480. The van der Waals surface area contributed by atoms with E-state index in [0.29, 0.717) is 22.6 Å². The lowest BCUT2D eigenvalue weighted by Gasteiger charge is -2.39. The summed E-state index contributed by atoms with van der Waals surface area (Å²) in [4.78, 5) is 13.1. The van der Waals surface area contributed by atoms with Gasteiger partial charge in [-0.2, -0.15) is 0 Å². The first-order valence-corrected chi connectivity index (χ1v) is 11.5. The van der Waals surface area contributed by atoms with E-state index in [1.165, 1.54) is 14.2 Å². The van der Waals surface area contributed by atoms with E-state index in [4.69, 9.17) is 33.5 Å². The first-order valence-electron chi connectivity index (χ1n) is 11.5. The number of esters is 1. The van der Waals surface area contributed by atoms with Gasteiger partial charge >= 0.3 is 5.97 Å². The maximum absolute atomic E-state index is 13.1. The second kappa shape index (κ2) is 9.66. The van der Waals surface area contributed by atoms with Crippen LogP contribution in [0.15, 0.2) is 24.3 Å². The number of benzene rings is 2. The van der Waals surface area contributed by atoms with Crippen LogP contribution in [0, 0.1) is 11.8 Å². The minimum Gasteiger partial charge on any atom is -0.502 e. The van der Waals surface area contributed by atoms with Gasteiger partial charge in [-0.1, -0.05) is 0 Å². The molecule has 2 aromatic rings. The highest BCUT2D eigenvalue weighted by atomic mass is 16.7. The fourth-order valence-corrected chi connectivity index (χ4v) is 5.25. The summed E-state index contributed by atoms with van der Waals surface area (Å²) in [7, 11) is 2.85. The minimum absolute atomic E-state index is 0.0472. The first kappa shape index (κ1) is 24.4. The Morgan fingerprint density at radius 2 is 1.61 bits per heavy atom. The molecule has 0 radical (unpaired) electrons. The molecule has 3 aliphatic rings. The molecule has 6 atom stereocenters. The van der Waals surface area contributed by atoms with Gasteiger partial charge in [0.2, 0.25) is 12.5 Å². The third kappa shape index (κ3) is 3.97. The summed E-state index contributed by atoms with van der Waals surface area (Å²) in [5, 5.41) is 39.6. The van der Waals surface area contributed by atoms with Gasteiger partial charge in [0, 0.05) is 11.8 Å². The van der Waals surface area contributed by atoms with Gasteiger partial charge in [-0.15, -0.1) is 0 Å². The van der Waals surface area contributed by atoms with Gasteiger partial charge in [0.15, 0.2) is 23.0 Å². The molecule has 4 N–H and O–H groups in total. The molecule has 2 aliphatic heterocycles. The number of aliphatic hydroxyl groups is 3. The Kier molecular flexibility index (Phi) is 6.56. The molecule has 11 nitrogen and oxygen atoms in total. The Morgan fingerprint density at radius 1 is 0.972 bits per heavy atom. The molecule has 0 aromatic heterocycles. The van der Waals surface area contributed by atoms with Crippen molar-refractivity contribution in [3.8, 4) is 28.7 Å². The Labute approximate surface area is 206 Å². The second-order valence-corrected chi connectivity index (χ2v) is 8.98. The van der Waals surface area contributed by atoms with Crippen molar-refractivity contribution in [1.29, 1.82) is 0 Å². The Morgan fingerprint density at radius 3 is 2.22 bits per heavy atom. The van der Waals surface area contributed by atoms with Crippen molar-refractivity contribution in [3.63, 3.8) is 0 Å². The lowest BCUT2D eigenvalue weighted by molar-refractivity contribution is -0.142. The molecule has 1 fully saturated rings. The summed E-state index contributed by atoms with van der Waals surface area (Å²) in [5.74, 6) is -0.787. The van der Waals surface area contributed by atoms with Gasteiger partial charge in [0.1, 0.15) is 12.2 Å². The molecule has 11 heteroatoms. The first-order chi connectivity index (χ1) is 17.4. The zero-order valence-electron chi connectivity index (χ0n) is 19.7. The van der Waals surface area contributed by atoms with Crippen LogP contribution in [0.3, 0.4) is 0 Å². The number of fused-ring (bicyclic) bond motifs is 3. The van der Waals surface area contributed by atoms with Crippen LogP contribution in [0.5, 0.6) is 28.7 Å². The number of aliphatic hydroxyl groups excluding tert-OH is 3. The minimum atomic E-state index is -1.37. The van der Waals surface area contributed by atoms with Crippen molar-refractivity contribution < 1.29 is 53.6 Å². The fourth-order valence-electron chi connectivity index (χ4n) is 5.25. The standard InChI is InChI=1S/C25H28O11/c1-31-19-3-11(4-20(32-2)23(19)29)21-12-5-17-18(36-10-35-17)6-13(12)24(14-8-34-25(30)22(14)21)33-9-16(28)15(27)7-26/h3-6,14-16,21-22,24,26-29H,7-10H2,1-2H3/t14-,15?,16?,21+,22-,24+/m0/s1. The summed E-state index contributed by atoms with van der Waals surface area (Å²) in [6.45, 7) is -0.761. The summed E-state index contributed by atoms with van der Waals surface area (Å²) in [5.41, 5.74) is 2.08. The number of cyclic esters (lactones) is 1. The van der Waals surface area contributed by atoms with Crippen LogP contribution in [-0.4, -0.2) is 79.4 Å². The summed E-state index contributed by atoms with van der Waals surface area (Å²) >= 11 is 0. The molecule has 0 bridgehead atoms. The van der Waals surface area contributed by atoms with Crippen molar-refractivity contribution in [1.82, 2.24) is 0 Å². The molecule has 0 spiro atoms. The van der Waals surface area contributed by atoms with Crippen LogP contribution in [-0.2, 0) is 14.3 Å². The molecule has 36 heavy (non-hydrogen) atoms. The molecule has 194 valence electrons. The zero-order chi connectivity index (χ0) is 25.6. The molecule has 0 saturated carbocycles. The van der Waals surface area contributed by atoms with Crippen molar-refractivity contribution in [2.45, 2.75) is 24.2 Å². The number of phenols is 1. The van der Waals surface area contributed by atoms with E-state index < -0.39 is 48.6 Å². The lowest BCUT2D eigenvalue weighted by atomic mass is 9.66. The number of phenolic OH excluding ortho intramolecular Hbond substituents is 1. The molecular weight excluding hydrogens is 476 g/mol. The number of hydrogen-bond donors (Lipinski definition) is 4. The summed E-state index contributed by atoms with van der Waals surface area (Å²) in [6, 6.07) is 6.90. The van der Waals surface area contributed by atoms with Crippen molar-refractivity contribution in [2.24, 2.45) is 11.8 Å². The van der Waals surface area contributed by atoms with Gasteiger partial charge in [0.25, 0.3) is 0 Å². The lowest BCUT2D eigenvalue weighted by Crippen LogP contribution is -2.39. The maximum Gasteiger partial charge on any atom is 0.310 e. The largest absolute Gasteiger partial charge is 0.502 e. The van der Waals surface area contributed by atoms with E-state index in [9.17, 15) is 20.1 Å². The number of hydrogen-bond acceptors (Lipinski definition) is 11. The number of carbonyl (C=O) groups excluding carboxylic acids is 1. The van der Waals surface area contributed by atoms with E-state index in [1.807, 2.05) is 0 Å². The molecule has 0 amide bonds. The van der Waals surface area contributed by atoms with Gasteiger partial charge in [-0.3, -0.25) is 4.79 Å². The molecule has 2 heterocycles. The third-order valence-corrected chi connectivity index (χ3v) is 7.06. The van der Waals surface area contributed by atoms with Crippen LogP contribution >= 0.6 is 0 Å². The van der Waals surface area contributed by atoms with Crippen molar-refractivity contribution >= 4 is 5.97 Å². The van der Waals surface area contributed by atoms with E-state index in [2.05, 4.69) is 0 Å². The van der Waals surface area contributed by atoms with Crippen LogP contribution in [0.25, 0.3) is 0 Å². The number of ether oxygens (including phenoxy) is 6.